The fourth-order valence-corrected chi connectivity index (χ4v) is 3.70. The van der Waals surface area contributed by atoms with Crippen molar-refractivity contribution in [1.29, 1.82) is 0 Å². The highest BCUT2D eigenvalue weighted by molar-refractivity contribution is 9.09. The summed E-state index contributed by atoms with van der Waals surface area (Å²) in [5.41, 5.74) is 0.797. The predicted molar refractivity (Wildman–Crippen MR) is 79.6 cm³/mol. The summed E-state index contributed by atoms with van der Waals surface area (Å²) in [5, 5.41) is 6.02. The zero-order valence-corrected chi connectivity index (χ0v) is 12.3. The summed E-state index contributed by atoms with van der Waals surface area (Å²) in [7, 11) is 0. The summed E-state index contributed by atoms with van der Waals surface area (Å²) in [6, 6.07) is 8.03. The Morgan fingerprint density at radius 1 is 1.44 bits per heavy atom. The van der Waals surface area contributed by atoms with Crippen molar-refractivity contribution in [2.24, 2.45) is 5.92 Å². The molecule has 2 nitrogen and oxygen atoms in total. The zero-order valence-electron chi connectivity index (χ0n) is 9.86. The number of halogens is 1. The van der Waals surface area contributed by atoms with Gasteiger partial charge in [-0.3, -0.25) is 4.79 Å². The third-order valence-corrected chi connectivity index (χ3v) is 5.35. The fourth-order valence-electron chi connectivity index (χ4n) is 2.06. The zero-order chi connectivity index (χ0) is 12.5. The van der Waals surface area contributed by atoms with Gasteiger partial charge in [-0.05, 0) is 24.8 Å². The molecule has 1 atom stereocenters. The van der Waals surface area contributed by atoms with Crippen LogP contribution >= 0.6 is 27.3 Å². The van der Waals surface area contributed by atoms with Crippen molar-refractivity contribution in [3.8, 4) is 0 Å². The first-order chi connectivity index (χ1) is 8.75. The monoisotopic (exact) mass is 323 g/mol. The Morgan fingerprint density at radius 3 is 3.00 bits per heavy atom. The van der Waals surface area contributed by atoms with Gasteiger partial charge < -0.3 is 5.32 Å². The first-order valence-corrected chi connectivity index (χ1v) is 7.94. The average Bonchev–Trinajstić information content (AvgIpc) is 3.15. The lowest BCUT2D eigenvalue weighted by Crippen LogP contribution is -2.30. The Bertz CT molecular complexity index is 576. The quantitative estimate of drug-likeness (QED) is 0.852. The molecule has 0 spiro atoms. The second-order valence-corrected chi connectivity index (χ2v) is 6.80. The number of alkyl halides is 1. The Kier molecular flexibility index (Phi) is 3.39. The van der Waals surface area contributed by atoms with Gasteiger partial charge in [-0.1, -0.05) is 34.1 Å². The molecule has 1 N–H and O–H groups in total. The molecule has 1 aliphatic carbocycles. The van der Waals surface area contributed by atoms with E-state index in [4.69, 9.17) is 0 Å². The van der Waals surface area contributed by atoms with Crippen LogP contribution in [0, 0.1) is 5.92 Å². The molecule has 0 saturated heterocycles. The molecule has 1 saturated carbocycles. The number of nitrogens with one attached hydrogen (secondary N) is 1. The molecule has 18 heavy (non-hydrogen) atoms. The molecule has 1 heterocycles. The standard InChI is InChI=1S/C14H14BrNOS/c15-12(9-5-6-9)7-16-14(17)11-8-18-13-4-2-1-3-10(11)13/h1-4,8-9,12H,5-7H2,(H,16,17). The minimum absolute atomic E-state index is 0.0394. The molecule has 0 radical (unpaired) electrons. The van der Waals surface area contributed by atoms with Crippen molar-refractivity contribution in [3.63, 3.8) is 0 Å². The predicted octanol–water partition coefficient (Wildman–Crippen LogP) is 3.80. The summed E-state index contributed by atoms with van der Waals surface area (Å²) >= 11 is 5.26. The van der Waals surface area contributed by atoms with Crippen LogP contribution in [0.25, 0.3) is 10.1 Å². The van der Waals surface area contributed by atoms with Crippen molar-refractivity contribution in [2.45, 2.75) is 17.7 Å². The first-order valence-electron chi connectivity index (χ1n) is 6.14. The van der Waals surface area contributed by atoms with Crippen molar-refractivity contribution < 1.29 is 4.79 Å². The maximum Gasteiger partial charge on any atom is 0.252 e. The molecule has 0 bridgehead atoms. The molecule has 3 rings (SSSR count). The summed E-state index contributed by atoms with van der Waals surface area (Å²) in [6.45, 7) is 0.716. The molecule has 4 heteroatoms. The van der Waals surface area contributed by atoms with Gasteiger partial charge >= 0.3 is 0 Å². The van der Waals surface area contributed by atoms with E-state index in [9.17, 15) is 4.79 Å². The average molecular weight is 324 g/mol. The van der Waals surface area contributed by atoms with Gasteiger partial charge in [0.05, 0.1) is 5.56 Å². The molecule has 1 aromatic heterocycles. The van der Waals surface area contributed by atoms with E-state index in [1.165, 1.54) is 17.5 Å². The third-order valence-electron chi connectivity index (χ3n) is 3.32. The molecule has 1 aromatic carbocycles. The van der Waals surface area contributed by atoms with E-state index in [0.29, 0.717) is 11.4 Å². The second-order valence-electron chi connectivity index (χ2n) is 4.71. The third kappa shape index (κ3) is 2.45. The van der Waals surface area contributed by atoms with E-state index in [-0.39, 0.29) is 5.91 Å². The molecular weight excluding hydrogens is 310 g/mol. The number of hydrogen-bond acceptors (Lipinski definition) is 2. The summed E-state index contributed by atoms with van der Waals surface area (Å²) in [6.07, 6.45) is 2.57. The summed E-state index contributed by atoms with van der Waals surface area (Å²) in [5.74, 6) is 0.794. The van der Waals surface area contributed by atoms with Crippen molar-refractivity contribution in [3.05, 3.63) is 35.2 Å². The molecule has 1 unspecified atom stereocenters. The number of benzene rings is 1. The number of rotatable bonds is 4. The Labute approximate surface area is 119 Å². The van der Waals surface area contributed by atoms with E-state index in [0.717, 1.165) is 16.9 Å². The van der Waals surface area contributed by atoms with E-state index in [1.807, 2.05) is 29.6 Å². The van der Waals surface area contributed by atoms with Crippen LogP contribution in [-0.4, -0.2) is 17.3 Å². The highest BCUT2D eigenvalue weighted by Gasteiger charge is 2.29. The summed E-state index contributed by atoms with van der Waals surface area (Å²) in [4.78, 5) is 12.6. The van der Waals surface area contributed by atoms with Gasteiger partial charge in [0.15, 0.2) is 0 Å². The van der Waals surface area contributed by atoms with Crippen molar-refractivity contribution in [1.82, 2.24) is 5.32 Å². The Hall–Kier alpha value is -0.870. The van der Waals surface area contributed by atoms with Crippen LogP contribution in [0.2, 0.25) is 0 Å². The second kappa shape index (κ2) is 5.02. The minimum atomic E-state index is 0.0394. The normalized spacial score (nSPS) is 16.7. The van der Waals surface area contributed by atoms with Crippen LogP contribution in [0.5, 0.6) is 0 Å². The van der Waals surface area contributed by atoms with Crippen molar-refractivity contribution >= 4 is 43.3 Å². The molecule has 1 amide bonds. The number of amides is 1. The number of carbonyl (C=O) groups is 1. The maximum atomic E-state index is 12.1. The maximum absolute atomic E-state index is 12.1. The van der Waals surface area contributed by atoms with E-state index < -0.39 is 0 Å². The summed E-state index contributed by atoms with van der Waals surface area (Å²) < 4.78 is 1.17. The Morgan fingerprint density at radius 2 is 2.22 bits per heavy atom. The lowest BCUT2D eigenvalue weighted by molar-refractivity contribution is 0.0955. The van der Waals surface area contributed by atoms with Gasteiger partial charge in [-0.2, -0.15) is 0 Å². The first kappa shape index (κ1) is 12.2. The van der Waals surface area contributed by atoms with Gasteiger partial charge in [0.25, 0.3) is 5.91 Å². The molecule has 0 aliphatic heterocycles. The molecular formula is C14H14BrNOS. The largest absolute Gasteiger partial charge is 0.351 e. The number of carbonyl (C=O) groups excluding carboxylic acids is 1. The molecule has 94 valence electrons. The van der Waals surface area contributed by atoms with Gasteiger partial charge in [-0.15, -0.1) is 11.3 Å². The van der Waals surface area contributed by atoms with Crippen LogP contribution in [0.4, 0.5) is 0 Å². The van der Waals surface area contributed by atoms with Crippen LogP contribution in [-0.2, 0) is 0 Å². The fraction of sp³-hybridized carbons (Fsp3) is 0.357. The topological polar surface area (TPSA) is 29.1 Å². The van der Waals surface area contributed by atoms with E-state index >= 15 is 0 Å². The van der Waals surface area contributed by atoms with E-state index in [2.05, 4.69) is 21.2 Å². The van der Waals surface area contributed by atoms with E-state index in [1.54, 1.807) is 11.3 Å². The molecule has 1 fully saturated rings. The van der Waals surface area contributed by atoms with Crippen molar-refractivity contribution in [2.75, 3.05) is 6.54 Å². The SMILES string of the molecule is O=C(NCC(Br)C1CC1)c1csc2ccccc12. The lowest BCUT2D eigenvalue weighted by atomic mass is 10.1. The van der Waals surface area contributed by atoms with Crippen LogP contribution in [0.15, 0.2) is 29.6 Å². The van der Waals surface area contributed by atoms with Gasteiger partial charge in [0.2, 0.25) is 0 Å². The Balaban J connectivity index is 1.71. The van der Waals surface area contributed by atoms with Gasteiger partial charge in [-0.25, -0.2) is 0 Å². The minimum Gasteiger partial charge on any atom is -0.351 e. The highest BCUT2D eigenvalue weighted by Crippen LogP contribution is 2.36. The number of thiophene rings is 1. The smallest absolute Gasteiger partial charge is 0.252 e. The lowest BCUT2D eigenvalue weighted by Gasteiger charge is -2.09. The number of hydrogen-bond donors (Lipinski definition) is 1. The highest BCUT2D eigenvalue weighted by atomic mass is 79.9. The van der Waals surface area contributed by atoms with Crippen LogP contribution in [0.1, 0.15) is 23.2 Å². The molecule has 2 aromatic rings. The van der Waals surface area contributed by atoms with Crippen LogP contribution < -0.4 is 5.32 Å². The molecule has 1 aliphatic rings. The number of fused-ring (bicyclic) bond motifs is 1. The van der Waals surface area contributed by atoms with Gasteiger partial charge in [0.1, 0.15) is 0 Å². The van der Waals surface area contributed by atoms with Crippen LogP contribution in [0.3, 0.4) is 0 Å². The van der Waals surface area contributed by atoms with Gasteiger partial charge in [0, 0.05) is 26.8 Å².